The van der Waals surface area contributed by atoms with Crippen molar-refractivity contribution in [3.05, 3.63) is 28.0 Å². The van der Waals surface area contributed by atoms with Gasteiger partial charge in [0.1, 0.15) is 3.70 Å². The lowest BCUT2D eigenvalue weighted by atomic mass is 10.2. The van der Waals surface area contributed by atoms with Gasteiger partial charge in [-0.05, 0) is 28.7 Å². The number of fused-ring (bicyclic) bond motifs is 1. The Balaban J connectivity index is 2.84. The number of benzene rings is 1. The van der Waals surface area contributed by atoms with Crippen molar-refractivity contribution in [1.29, 1.82) is 0 Å². The van der Waals surface area contributed by atoms with Crippen LogP contribution in [0, 0.1) is 3.70 Å². The van der Waals surface area contributed by atoms with Gasteiger partial charge in [-0.3, -0.25) is 0 Å². The minimum atomic E-state index is 0.580. The summed E-state index contributed by atoms with van der Waals surface area (Å²) in [5, 5.41) is 10.0. The first-order valence-electron chi connectivity index (χ1n) is 3.78. The van der Waals surface area contributed by atoms with E-state index < -0.39 is 0 Å². The molecule has 0 spiro atoms. The molecule has 0 aliphatic carbocycles. The Morgan fingerprint density at radius 2 is 1.85 bits per heavy atom. The van der Waals surface area contributed by atoms with Crippen LogP contribution in [0.5, 0.6) is 5.88 Å². The van der Waals surface area contributed by atoms with Crippen LogP contribution in [0.25, 0.3) is 10.8 Å². The SMILES string of the molecule is COc1nnc(I)c2ccccc12. The van der Waals surface area contributed by atoms with Crippen molar-refractivity contribution in [1.82, 2.24) is 10.2 Å². The third kappa shape index (κ3) is 1.46. The number of hydrogen-bond acceptors (Lipinski definition) is 3. The third-order valence-corrected chi connectivity index (χ3v) is 2.60. The van der Waals surface area contributed by atoms with E-state index in [9.17, 15) is 0 Å². The van der Waals surface area contributed by atoms with Crippen molar-refractivity contribution in [2.45, 2.75) is 0 Å². The van der Waals surface area contributed by atoms with Gasteiger partial charge in [0.15, 0.2) is 0 Å². The van der Waals surface area contributed by atoms with Gasteiger partial charge < -0.3 is 4.74 Å². The zero-order valence-corrected chi connectivity index (χ0v) is 9.15. The first kappa shape index (κ1) is 8.68. The van der Waals surface area contributed by atoms with Gasteiger partial charge in [0.2, 0.25) is 5.88 Å². The molecule has 66 valence electrons. The molecule has 13 heavy (non-hydrogen) atoms. The molecule has 1 aromatic carbocycles. The van der Waals surface area contributed by atoms with Gasteiger partial charge in [-0.2, -0.15) is 0 Å². The number of ether oxygens (including phenoxy) is 1. The minimum absolute atomic E-state index is 0.580. The van der Waals surface area contributed by atoms with Crippen LogP contribution in [0.4, 0.5) is 0 Å². The number of halogens is 1. The summed E-state index contributed by atoms with van der Waals surface area (Å²) in [6, 6.07) is 7.92. The standard InChI is InChI=1S/C9H7IN2O/c1-13-9-7-5-3-2-4-6(7)8(10)11-12-9/h2-5H,1H3. The molecule has 0 atom stereocenters. The van der Waals surface area contributed by atoms with E-state index in [4.69, 9.17) is 4.74 Å². The van der Waals surface area contributed by atoms with Crippen molar-refractivity contribution in [2.24, 2.45) is 0 Å². The molecule has 3 nitrogen and oxygen atoms in total. The lowest BCUT2D eigenvalue weighted by molar-refractivity contribution is 0.397. The van der Waals surface area contributed by atoms with E-state index in [0.717, 1.165) is 14.5 Å². The third-order valence-electron chi connectivity index (χ3n) is 1.80. The number of nitrogens with zero attached hydrogens (tertiary/aromatic N) is 2. The second kappa shape index (κ2) is 3.45. The maximum absolute atomic E-state index is 5.11. The van der Waals surface area contributed by atoms with Crippen LogP contribution in [-0.2, 0) is 0 Å². The molecule has 2 aromatic rings. The second-order valence-corrected chi connectivity index (χ2v) is 3.57. The first-order chi connectivity index (χ1) is 6.33. The van der Waals surface area contributed by atoms with E-state index in [1.54, 1.807) is 7.11 Å². The van der Waals surface area contributed by atoms with E-state index >= 15 is 0 Å². The molecular weight excluding hydrogens is 279 g/mol. The average Bonchev–Trinajstić information content (AvgIpc) is 2.19. The highest BCUT2D eigenvalue weighted by Gasteiger charge is 2.05. The molecule has 4 heteroatoms. The minimum Gasteiger partial charge on any atom is -0.479 e. The van der Waals surface area contributed by atoms with Crippen LogP contribution < -0.4 is 4.74 Å². The lowest BCUT2D eigenvalue weighted by Crippen LogP contribution is -1.94. The van der Waals surface area contributed by atoms with Gasteiger partial charge in [-0.1, -0.05) is 18.2 Å². The fraction of sp³-hybridized carbons (Fsp3) is 0.111. The molecule has 1 heterocycles. The van der Waals surface area contributed by atoms with Crippen LogP contribution >= 0.6 is 22.6 Å². The number of rotatable bonds is 1. The molecule has 0 fully saturated rings. The smallest absolute Gasteiger partial charge is 0.241 e. The van der Waals surface area contributed by atoms with Crippen LogP contribution in [0.3, 0.4) is 0 Å². The highest BCUT2D eigenvalue weighted by atomic mass is 127. The Morgan fingerprint density at radius 3 is 2.54 bits per heavy atom. The summed E-state index contributed by atoms with van der Waals surface area (Å²) in [6.45, 7) is 0. The Bertz CT molecular complexity index is 445. The van der Waals surface area contributed by atoms with Crippen LogP contribution in [0.2, 0.25) is 0 Å². The van der Waals surface area contributed by atoms with Crippen LogP contribution in [0.1, 0.15) is 0 Å². The molecule has 0 unspecified atom stereocenters. The fourth-order valence-electron chi connectivity index (χ4n) is 1.20. The number of aromatic nitrogens is 2. The van der Waals surface area contributed by atoms with Gasteiger partial charge in [0.05, 0.1) is 7.11 Å². The van der Waals surface area contributed by atoms with Gasteiger partial charge in [0.25, 0.3) is 0 Å². The molecule has 0 radical (unpaired) electrons. The molecule has 0 aliphatic rings. The van der Waals surface area contributed by atoms with E-state index in [1.807, 2.05) is 24.3 Å². The maximum Gasteiger partial charge on any atom is 0.241 e. The van der Waals surface area contributed by atoms with Crippen LogP contribution in [-0.4, -0.2) is 17.3 Å². The molecule has 2 rings (SSSR count). The average molecular weight is 286 g/mol. The highest BCUT2D eigenvalue weighted by molar-refractivity contribution is 14.1. The number of methoxy groups -OCH3 is 1. The quantitative estimate of drug-likeness (QED) is 0.754. The Morgan fingerprint density at radius 1 is 1.15 bits per heavy atom. The van der Waals surface area contributed by atoms with Crippen molar-refractivity contribution in [3.8, 4) is 5.88 Å². The summed E-state index contributed by atoms with van der Waals surface area (Å²) in [5.74, 6) is 0.580. The molecular formula is C9H7IN2O. The predicted octanol–water partition coefficient (Wildman–Crippen LogP) is 2.24. The van der Waals surface area contributed by atoms with Crippen molar-refractivity contribution in [3.63, 3.8) is 0 Å². The van der Waals surface area contributed by atoms with E-state index in [0.29, 0.717) is 5.88 Å². The molecule has 0 N–H and O–H groups in total. The van der Waals surface area contributed by atoms with E-state index in [1.165, 1.54) is 0 Å². The molecule has 0 amide bonds. The van der Waals surface area contributed by atoms with Gasteiger partial charge in [-0.15, -0.1) is 10.2 Å². The maximum atomic E-state index is 5.11. The fourth-order valence-corrected chi connectivity index (χ4v) is 1.78. The predicted molar refractivity (Wildman–Crippen MR) is 58.8 cm³/mol. The van der Waals surface area contributed by atoms with E-state index in [2.05, 4.69) is 32.8 Å². The molecule has 0 saturated carbocycles. The number of hydrogen-bond donors (Lipinski definition) is 0. The zero-order chi connectivity index (χ0) is 9.26. The van der Waals surface area contributed by atoms with Gasteiger partial charge >= 0.3 is 0 Å². The summed E-state index contributed by atoms with van der Waals surface area (Å²) >= 11 is 2.16. The highest BCUT2D eigenvalue weighted by Crippen LogP contribution is 2.24. The summed E-state index contributed by atoms with van der Waals surface area (Å²) in [5.41, 5.74) is 0. The molecule has 0 saturated heterocycles. The van der Waals surface area contributed by atoms with Crippen LogP contribution in [0.15, 0.2) is 24.3 Å². The Hall–Kier alpha value is -0.910. The van der Waals surface area contributed by atoms with Crippen molar-refractivity contribution >= 4 is 33.4 Å². The summed E-state index contributed by atoms with van der Waals surface area (Å²) in [4.78, 5) is 0. The van der Waals surface area contributed by atoms with E-state index in [-0.39, 0.29) is 0 Å². The summed E-state index contributed by atoms with van der Waals surface area (Å²) in [7, 11) is 1.60. The van der Waals surface area contributed by atoms with Gasteiger partial charge in [-0.25, -0.2) is 0 Å². The lowest BCUT2D eigenvalue weighted by Gasteiger charge is -2.03. The Labute approximate surface area is 89.3 Å². The second-order valence-electron chi connectivity index (χ2n) is 2.55. The van der Waals surface area contributed by atoms with Gasteiger partial charge in [0, 0.05) is 10.8 Å². The molecule has 0 aliphatic heterocycles. The Kier molecular flexibility index (Phi) is 2.30. The summed E-state index contributed by atoms with van der Waals surface area (Å²) < 4.78 is 6.00. The van der Waals surface area contributed by atoms with Crippen molar-refractivity contribution < 1.29 is 4.74 Å². The normalized spacial score (nSPS) is 10.3. The topological polar surface area (TPSA) is 35.0 Å². The summed E-state index contributed by atoms with van der Waals surface area (Å²) in [6.07, 6.45) is 0. The van der Waals surface area contributed by atoms with Crippen molar-refractivity contribution in [2.75, 3.05) is 7.11 Å². The zero-order valence-electron chi connectivity index (χ0n) is 6.99. The monoisotopic (exact) mass is 286 g/mol. The largest absolute Gasteiger partial charge is 0.479 e. The molecule has 1 aromatic heterocycles. The first-order valence-corrected chi connectivity index (χ1v) is 4.85. The molecule has 0 bridgehead atoms.